The monoisotopic (exact) mass is 268 g/mol. The number of alkyl halides is 2. The molecule has 0 spiro atoms. The molecule has 104 valence electrons. The van der Waals surface area contributed by atoms with Crippen LogP contribution in [-0.2, 0) is 0 Å². The van der Waals surface area contributed by atoms with Crippen molar-refractivity contribution in [2.45, 2.75) is 25.5 Å². The first-order valence-corrected chi connectivity index (χ1v) is 6.74. The van der Waals surface area contributed by atoms with Crippen LogP contribution in [0.2, 0.25) is 0 Å². The van der Waals surface area contributed by atoms with Gasteiger partial charge in [0.1, 0.15) is 5.75 Å². The Balaban J connectivity index is 1.66. The van der Waals surface area contributed by atoms with Gasteiger partial charge in [-0.3, -0.25) is 0 Å². The highest BCUT2D eigenvalue weighted by Gasteiger charge is 2.33. The average Bonchev–Trinajstić information content (AvgIpc) is 2.39. The fourth-order valence-electron chi connectivity index (χ4n) is 3.10. The summed E-state index contributed by atoms with van der Waals surface area (Å²) in [6.45, 7) is 0.659. The Morgan fingerprint density at radius 2 is 2.05 bits per heavy atom. The summed E-state index contributed by atoms with van der Waals surface area (Å²) < 4.78 is 28.8. The molecule has 0 amide bonds. The molecule has 1 aromatic carbocycles. The molecule has 3 aliphatic heterocycles. The molecule has 1 atom stereocenters. The number of halogens is 2. The second-order valence-electron chi connectivity index (χ2n) is 5.30. The SMILES string of the molecule is FC(F)Oc1cccc(NC2CN3CCC2CC3)c1. The lowest BCUT2D eigenvalue weighted by molar-refractivity contribution is -0.0498. The number of hydrogen-bond acceptors (Lipinski definition) is 3. The molecular weight excluding hydrogens is 250 g/mol. The third-order valence-electron chi connectivity index (χ3n) is 4.07. The van der Waals surface area contributed by atoms with E-state index in [2.05, 4.69) is 15.0 Å². The van der Waals surface area contributed by atoms with Crippen LogP contribution in [-0.4, -0.2) is 37.2 Å². The zero-order valence-electron chi connectivity index (χ0n) is 10.7. The topological polar surface area (TPSA) is 24.5 Å². The normalized spacial score (nSPS) is 29.5. The molecule has 1 unspecified atom stereocenters. The number of fused-ring (bicyclic) bond motifs is 3. The number of hydrogen-bond donors (Lipinski definition) is 1. The van der Waals surface area contributed by atoms with Gasteiger partial charge in [-0.15, -0.1) is 0 Å². The molecule has 4 rings (SSSR count). The van der Waals surface area contributed by atoms with Gasteiger partial charge in [0.2, 0.25) is 0 Å². The van der Waals surface area contributed by atoms with Gasteiger partial charge in [-0.2, -0.15) is 8.78 Å². The van der Waals surface area contributed by atoms with Crippen LogP contribution in [0.25, 0.3) is 0 Å². The molecule has 0 saturated carbocycles. The maximum atomic E-state index is 12.2. The van der Waals surface area contributed by atoms with Gasteiger partial charge in [0.25, 0.3) is 0 Å². The predicted molar refractivity (Wildman–Crippen MR) is 69.6 cm³/mol. The lowest BCUT2D eigenvalue weighted by Gasteiger charge is -2.45. The molecule has 3 nitrogen and oxygen atoms in total. The smallest absolute Gasteiger partial charge is 0.387 e. The number of rotatable bonds is 4. The molecule has 3 heterocycles. The molecule has 19 heavy (non-hydrogen) atoms. The van der Waals surface area contributed by atoms with Crippen LogP contribution in [0.4, 0.5) is 14.5 Å². The third-order valence-corrected chi connectivity index (χ3v) is 4.07. The van der Waals surface area contributed by atoms with Gasteiger partial charge in [0.05, 0.1) is 0 Å². The van der Waals surface area contributed by atoms with Gasteiger partial charge in [-0.25, -0.2) is 0 Å². The molecular formula is C14H18F2N2O. The van der Waals surface area contributed by atoms with Crippen LogP contribution in [0, 0.1) is 5.92 Å². The van der Waals surface area contributed by atoms with Crippen molar-refractivity contribution in [3.8, 4) is 5.75 Å². The van der Waals surface area contributed by atoms with Crippen LogP contribution in [0.1, 0.15) is 12.8 Å². The summed E-state index contributed by atoms with van der Waals surface area (Å²) in [5, 5.41) is 3.46. The molecule has 1 N–H and O–H groups in total. The maximum Gasteiger partial charge on any atom is 0.387 e. The average molecular weight is 268 g/mol. The van der Waals surface area contributed by atoms with Crippen molar-refractivity contribution < 1.29 is 13.5 Å². The molecule has 0 aromatic heterocycles. The van der Waals surface area contributed by atoms with Crippen LogP contribution < -0.4 is 10.1 Å². The highest BCUT2D eigenvalue weighted by Crippen LogP contribution is 2.30. The van der Waals surface area contributed by atoms with Gasteiger partial charge in [0.15, 0.2) is 0 Å². The Morgan fingerprint density at radius 3 is 2.68 bits per heavy atom. The standard InChI is InChI=1S/C14H18F2N2O/c15-14(16)19-12-3-1-2-11(8-12)17-13-9-18-6-4-10(13)5-7-18/h1-3,8,10,13-14,17H,4-7,9H2. The molecule has 3 fully saturated rings. The largest absolute Gasteiger partial charge is 0.435 e. The van der Waals surface area contributed by atoms with Crippen molar-refractivity contribution in [2.24, 2.45) is 5.92 Å². The summed E-state index contributed by atoms with van der Waals surface area (Å²) >= 11 is 0. The van der Waals surface area contributed by atoms with Crippen molar-refractivity contribution >= 4 is 5.69 Å². The predicted octanol–water partition coefficient (Wildman–Crippen LogP) is 2.79. The fraction of sp³-hybridized carbons (Fsp3) is 0.571. The Kier molecular flexibility index (Phi) is 3.55. The quantitative estimate of drug-likeness (QED) is 0.908. The van der Waals surface area contributed by atoms with Crippen molar-refractivity contribution in [3.05, 3.63) is 24.3 Å². The molecule has 1 aromatic rings. The molecule has 3 saturated heterocycles. The highest BCUT2D eigenvalue weighted by atomic mass is 19.3. The summed E-state index contributed by atoms with van der Waals surface area (Å²) in [5.74, 6) is 0.908. The van der Waals surface area contributed by atoms with Gasteiger partial charge >= 0.3 is 6.61 Å². The zero-order valence-corrected chi connectivity index (χ0v) is 10.7. The van der Waals surface area contributed by atoms with Crippen molar-refractivity contribution in [1.82, 2.24) is 4.90 Å². The van der Waals surface area contributed by atoms with Crippen LogP contribution >= 0.6 is 0 Å². The second-order valence-corrected chi connectivity index (χ2v) is 5.30. The molecule has 3 aliphatic rings. The Bertz CT molecular complexity index is 433. The molecule has 0 radical (unpaired) electrons. The molecule has 5 heteroatoms. The van der Waals surface area contributed by atoms with E-state index < -0.39 is 6.61 Å². The van der Waals surface area contributed by atoms with Gasteiger partial charge in [-0.1, -0.05) is 6.07 Å². The van der Waals surface area contributed by atoms with E-state index in [9.17, 15) is 8.78 Å². The van der Waals surface area contributed by atoms with Crippen LogP contribution in [0.3, 0.4) is 0 Å². The minimum Gasteiger partial charge on any atom is -0.435 e. The highest BCUT2D eigenvalue weighted by molar-refractivity contribution is 5.49. The number of anilines is 1. The second kappa shape index (κ2) is 5.33. The number of nitrogens with one attached hydrogen (secondary N) is 1. The van der Waals surface area contributed by atoms with E-state index in [1.54, 1.807) is 18.2 Å². The van der Waals surface area contributed by atoms with Crippen LogP contribution in [0.15, 0.2) is 24.3 Å². The summed E-state index contributed by atoms with van der Waals surface area (Å²) in [4.78, 5) is 2.46. The van der Waals surface area contributed by atoms with Crippen molar-refractivity contribution in [1.29, 1.82) is 0 Å². The first-order chi connectivity index (χ1) is 9.20. The first kappa shape index (κ1) is 12.7. The number of benzene rings is 1. The maximum absolute atomic E-state index is 12.2. The fourth-order valence-corrected chi connectivity index (χ4v) is 3.10. The van der Waals surface area contributed by atoms with E-state index >= 15 is 0 Å². The van der Waals surface area contributed by atoms with Crippen molar-refractivity contribution in [3.63, 3.8) is 0 Å². The Morgan fingerprint density at radius 1 is 1.26 bits per heavy atom. The molecule has 2 bridgehead atoms. The lowest BCUT2D eigenvalue weighted by atomic mass is 9.84. The molecule has 0 aliphatic carbocycles. The number of piperidine rings is 3. The zero-order chi connectivity index (χ0) is 13.2. The summed E-state index contributed by atoms with van der Waals surface area (Å²) in [7, 11) is 0. The first-order valence-electron chi connectivity index (χ1n) is 6.74. The lowest BCUT2D eigenvalue weighted by Crippen LogP contribution is -2.53. The number of nitrogens with zero attached hydrogens (tertiary/aromatic N) is 1. The minimum atomic E-state index is -2.77. The third kappa shape index (κ3) is 2.97. The van der Waals surface area contributed by atoms with Gasteiger partial charge < -0.3 is 15.0 Å². The van der Waals surface area contributed by atoms with E-state index in [4.69, 9.17) is 0 Å². The summed E-state index contributed by atoms with van der Waals surface area (Å²) in [5.41, 5.74) is 0.858. The van der Waals surface area contributed by atoms with Crippen molar-refractivity contribution in [2.75, 3.05) is 25.0 Å². The Hall–Kier alpha value is -1.36. The van der Waals surface area contributed by atoms with E-state index in [-0.39, 0.29) is 5.75 Å². The summed E-state index contributed by atoms with van der Waals surface area (Å²) in [6, 6.07) is 7.25. The van der Waals surface area contributed by atoms with Crippen LogP contribution in [0.5, 0.6) is 5.75 Å². The van der Waals surface area contributed by atoms with Gasteiger partial charge in [-0.05, 0) is 44.0 Å². The minimum absolute atomic E-state index is 0.210. The van der Waals surface area contributed by atoms with E-state index in [0.717, 1.165) is 12.2 Å². The number of ether oxygens (including phenoxy) is 1. The summed E-state index contributed by atoms with van der Waals surface area (Å²) in [6.07, 6.45) is 2.45. The van der Waals surface area contributed by atoms with E-state index in [1.165, 1.54) is 25.9 Å². The van der Waals surface area contributed by atoms with Gasteiger partial charge in [0, 0.05) is 24.3 Å². The van der Waals surface area contributed by atoms with E-state index in [0.29, 0.717) is 12.0 Å². The Labute approximate surface area is 111 Å². The van der Waals surface area contributed by atoms with E-state index in [1.807, 2.05) is 6.07 Å².